The second-order valence-electron chi connectivity index (χ2n) is 4.72. The van der Waals surface area contributed by atoms with Gasteiger partial charge in [0, 0.05) is 30.4 Å². The van der Waals surface area contributed by atoms with Gasteiger partial charge < -0.3 is 10.4 Å². The van der Waals surface area contributed by atoms with Crippen molar-refractivity contribution >= 4 is 16.3 Å². The lowest BCUT2D eigenvalue weighted by Crippen LogP contribution is -2.33. The third-order valence-electron chi connectivity index (χ3n) is 2.69. The van der Waals surface area contributed by atoms with Gasteiger partial charge in [-0.1, -0.05) is 13.8 Å². The van der Waals surface area contributed by atoms with Crippen molar-refractivity contribution in [3.8, 4) is 0 Å². The summed E-state index contributed by atoms with van der Waals surface area (Å²) in [5, 5.41) is 14.6. The minimum Gasteiger partial charge on any atom is -0.395 e. The van der Waals surface area contributed by atoms with Gasteiger partial charge >= 0.3 is 0 Å². The number of imidazole rings is 1. The summed E-state index contributed by atoms with van der Waals surface area (Å²) in [5.41, 5.74) is 1.03. The van der Waals surface area contributed by atoms with Crippen LogP contribution in [0.2, 0.25) is 0 Å². The summed E-state index contributed by atoms with van der Waals surface area (Å²) in [4.78, 5) is 5.52. The number of aliphatic hydroxyl groups excluding tert-OH is 1. The summed E-state index contributed by atoms with van der Waals surface area (Å²) in [5.74, 6) is 0.588. The molecule has 0 saturated heterocycles. The van der Waals surface area contributed by atoms with Gasteiger partial charge in [-0.05, 0) is 12.3 Å². The molecule has 0 spiro atoms. The molecule has 2 aromatic rings. The van der Waals surface area contributed by atoms with Crippen LogP contribution in [0.5, 0.6) is 0 Å². The molecule has 0 aromatic carbocycles. The van der Waals surface area contributed by atoms with Gasteiger partial charge in [-0.2, -0.15) is 0 Å². The normalized spacial score (nSPS) is 13.6. The molecule has 17 heavy (non-hydrogen) atoms. The van der Waals surface area contributed by atoms with E-state index < -0.39 is 0 Å². The van der Waals surface area contributed by atoms with Crippen LogP contribution in [0.1, 0.15) is 26.0 Å². The van der Waals surface area contributed by atoms with Crippen molar-refractivity contribution in [2.75, 3.05) is 6.61 Å². The molecule has 1 unspecified atom stereocenters. The highest BCUT2D eigenvalue weighted by Gasteiger charge is 2.10. The number of hydrogen-bond donors (Lipinski definition) is 2. The third-order valence-corrected chi connectivity index (χ3v) is 3.46. The number of aromatic nitrogens is 2. The fraction of sp³-hybridized carbons (Fsp3) is 0.583. The summed E-state index contributed by atoms with van der Waals surface area (Å²) < 4.78 is 2.03. The van der Waals surface area contributed by atoms with E-state index in [-0.39, 0.29) is 12.6 Å². The monoisotopic (exact) mass is 253 g/mol. The number of rotatable bonds is 6. The Balaban J connectivity index is 1.90. The quantitative estimate of drug-likeness (QED) is 0.826. The van der Waals surface area contributed by atoms with Crippen molar-refractivity contribution < 1.29 is 5.11 Å². The molecule has 0 aliphatic carbocycles. The lowest BCUT2D eigenvalue weighted by molar-refractivity contribution is 0.223. The Hall–Kier alpha value is -0.910. The molecule has 0 bridgehead atoms. The predicted octanol–water partition coefficient (Wildman–Crippen LogP) is 1.89. The van der Waals surface area contributed by atoms with Crippen molar-refractivity contribution in [3.63, 3.8) is 0 Å². The zero-order chi connectivity index (χ0) is 12.3. The highest BCUT2D eigenvalue weighted by molar-refractivity contribution is 7.15. The molecule has 1 atom stereocenters. The van der Waals surface area contributed by atoms with Crippen LogP contribution >= 0.6 is 11.3 Å². The first kappa shape index (κ1) is 12.5. The molecule has 0 amide bonds. The molecule has 0 radical (unpaired) electrons. The molecular formula is C12H19N3OS. The van der Waals surface area contributed by atoms with Gasteiger partial charge in [0.15, 0.2) is 4.96 Å². The average Bonchev–Trinajstić information content (AvgIpc) is 2.83. The molecule has 2 aromatic heterocycles. The van der Waals surface area contributed by atoms with Gasteiger partial charge in [-0.3, -0.25) is 4.40 Å². The average molecular weight is 253 g/mol. The SMILES string of the molecule is CC(C)CC(CO)NCc1cn2ccsc2n1. The van der Waals surface area contributed by atoms with Gasteiger partial charge in [-0.15, -0.1) is 11.3 Å². The Bertz CT molecular complexity index is 434. The molecule has 0 aliphatic rings. The third kappa shape index (κ3) is 3.28. The molecule has 0 fully saturated rings. The molecule has 2 rings (SSSR count). The fourth-order valence-corrected chi connectivity index (χ4v) is 2.62. The van der Waals surface area contributed by atoms with Crippen molar-refractivity contribution in [3.05, 3.63) is 23.5 Å². The van der Waals surface area contributed by atoms with Gasteiger partial charge in [0.25, 0.3) is 0 Å². The van der Waals surface area contributed by atoms with Crippen molar-refractivity contribution in [1.29, 1.82) is 0 Å². The first-order valence-corrected chi connectivity index (χ1v) is 6.82. The molecular weight excluding hydrogens is 234 g/mol. The van der Waals surface area contributed by atoms with E-state index in [1.807, 2.05) is 22.2 Å². The molecule has 0 aliphatic heterocycles. The molecule has 2 heterocycles. The molecule has 0 saturated carbocycles. The number of nitrogens with one attached hydrogen (secondary N) is 1. The fourth-order valence-electron chi connectivity index (χ4n) is 1.90. The first-order chi connectivity index (χ1) is 8.19. The minimum absolute atomic E-state index is 0.162. The van der Waals surface area contributed by atoms with Crippen LogP contribution in [0.3, 0.4) is 0 Å². The van der Waals surface area contributed by atoms with Crippen LogP contribution in [0.25, 0.3) is 4.96 Å². The van der Waals surface area contributed by atoms with Crippen LogP contribution < -0.4 is 5.32 Å². The van der Waals surface area contributed by atoms with Crippen LogP contribution in [0.15, 0.2) is 17.8 Å². The zero-order valence-corrected chi connectivity index (χ0v) is 11.1. The summed E-state index contributed by atoms with van der Waals surface area (Å²) >= 11 is 1.63. The lowest BCUT2D eigenvalue weighted by atomic mass is 10.0. The van der Waals surface area contributed by atoms with Crippen LogP contribution in [0.4, 0.5) is 0 Å². The summed E-state index contributed by atoms with van der Waals surface area (Å²) in [6.45, 7) is 5.22. The Kier molecular flexibility index (Phi) is 4.15. The maximum atomic E-state index is 9.27. The van der Waals surface area contributed by atoms with E-state index in [4.69, 9.17) is 0 Å². The number of thiazole rings is 1. The maximum absolute atomic E-state index is 9.27. The maximum Gasteiger partial charge on any atom is 0.193 e. The second kappa shape index (κ2) is 5.62. The van der Waals surface area contributed by atoms with E-state index in [9.17, 15) is 5.11 Å². The predicted molar refractivity (Wildman–Crippen MR) is 70.2 cm³/mol. The van der Waals surface area contributed by atoms with E-state index in [0.29, 0.717) is 12.5 Å². The summed E-state index contributed by atoms with van der Waals surface area (Å²) in [7, 11) is 0. The largest absolute Gasteiger partial charge is 0.395 e. The Labute approximate surface area is 105 Å². The molecule has 4 nitrogen and oxygen atoms in total. The smallest absolute Gasteiger partial charge is 0.193 e. The van der Waals surface area contributed by atoms with Crippen LogP contribution in [0, 0.1) is 5.92 Å². The number of nitrogens with zero attached hydrogens (tertiary/aromatic N) is 2. The lowest BCUT2D eigenvalue weighted by Gasteiger charge is -2.17. The van der Waals surface area contributed by atoms with Gasteiger partial charge in [0.2, 0.25) is 0 Å². The number of hydrogen-bond acceptors (Lipinski definition) is 4. The van der Waals surface area contributed by atoms with Gasteiger partial charge in [0.1, 0.15) is 0 Å². The van der Waals surface area contributed by atoms with Crippen LogP contribution in [-0.2, 0) is 6.54 Å². The van der Waals surface area contributed by atoms with E-state index >= 15 is 0 Å². The molecule has 5 heteroatoms. The highest BCUT2D eigenvalue weighted by Crippen LogP contribution is 2.11. The Morgan fingerprint density at radius 2 is 2.35 bits per heavy atom. The zero-order valence-electron chi connectivity index (χ0n) is 10.3. The number of fused-ring (bicyclic) bond motifs is 1. The standard InChI is InChI=1S/C12H19N3OS/c1-9(2)5-10(8-16)13-6-11-7-15-3-4-17-12(15)14-11/h3-4,7,9-10,13,16H,5-6,8H2,1-2H3. The van der Waals surface area contributed by atoms with Crippen LogP contribution in [-0.4, -0.2) is 27.1 Å². The van der Waals surface area contributed by atoms with E-state index in [1.54, 1.807) is 11.3 Å². The van der Waals surface area contributed by atoms with Gasteiger partial charge in [-0.25, -0.2) is 4.98 Å². The summed E-state index contributed by atoms with van der Waals surface area (Å²) in [6, 6.07) is 0.162. The minimum atomic E-state index is 0.162. The van der Waals surface area contributed by atoms with Crippen molar-refractivity contribution in [1.82, 2.24) is 14.7 Å². The molecule has 94 valence electrons. The van der Waals surface area contributed by atoms with Crippen molar-refractivity contribution in [2.45, 2.75) is 32.9 Å². The topological polar surface area (TPSA) is 49.6 Å². The second-order valence-corrected chi connectivity index (χ2v) is 5.59. The molecule has 2 N–H and O–H groups in total. The highest BCUT2D eigenvalue weighted by atomic mass is 32.1. The Morgan fingerprint density at radius 1 is 1.53 bits per heavy atom. The Morgan fingerprint density at radius 3 is 3.00 bits per heavy atom. The first-order valence-electron chi connectivity index (χ1n) is 5.94. The van der Waals surface area contributed by atoms with E-state index in [0.717, 1.165) is 17.1 Å². The number of aliphatic hydroxyl groups is 1. The van der Waals surface area contributed by atoms with Gasteiger partial charge in [0.05, 0.1) is 12.3 Å². The van der Waals surface area contributed by atoms with Crippen molar-refractivity contribution in [2.24, 2.45) is 5.92 Å². The summed E-state index contributed by atoms with van der Waals surface area (Å²) in [6.07, 6.45) is 5.02. The van der Waals surface area contributed by atoms with E-state index in [2.05, 4.69) is 24.1 Å². The van der Waals surface area contributed by atoms with E-state index in [1.165, 1.54) is 0 Å².